The zero-order valence-electron chi connectivity index (χ0n) is 12.3. The molecular formula is C17H31N. The zero-order valence-corrected chi connectivity index (χ0v) is 12.3. The summed E-state index contributed by atoms with van der Waals surface area (Å²) in [6.45, 7) is 3.57. The Morgan fingerprint density at radius 2 is 1.72 bits per heavy atom. The maximum Gasteiger partial charge on any atom is 0.0147 e. The molecule has 0 aromatic rings. The third kappa shape index (κ3) is 4.03. The van der Waals surface area contributed by atoms with E-state index in [2.05, 4.69) is 12.2 Å². The van der Waals surface area contributed by atoms with Gasteiger partial charge in [0.15, 0.2) is 0 Å². The molecule has 2 rings (SSSR count). The fourth-order valence-corrected chi connectivity index (χ4v) is 3.72. The van der Waals surface area contributed by atoms with Gasteiger partial charge in [0.05, 0.1) is 0 Å². The maximum atomic E-state index is 3.73. The van der Waals surface area contributed by atoms with Crippen molar-refractivity contribution in [1.82, 2.24) is 5.32 Å². The van der Waals surface area contributed by atoms with Crippen LogP contribution in [0.1, 0.15) is 84.0 Å². The summed E-state index contributed by atoms with van der Waals surface area (Å²) < 4.78 is 0. The van der Waals surface area contributed by atoms with Crippen LogP contribution in [0, 0.1) is 5.92 Å². The molecule has 1 heteroatoms. The van der Waals surface area contributed by atoms with Crippen LogP contribution in [0.15, 0.2) is 11.3 Å². The van der Waals surface area contributed by atoms with Gasteiger partial charge in [0.2, 0.25) is 0 Å². The molecule has 1 nitrogen and oxygen atoms in total. The first-order valence-corrected chi connectivity index (χ1v) is 8.37. The molecule has 0 saturated heterocycles. The molecule has 1 aliphatic heterocycles. The van der Waals surface area contributed by atoms with Gasteiger partial charge in [-0.3, -0.25) is 0 Å². The van der Waals surface area contributed by atoms with E-state index in [1.54, 1.807) is 5.70 Å². The van der Waals surface area contributed by atoms with E-state index in [1.807, 2.05) is 5.57 Å². The molecule has 1 heterocycles. The van der Waals surface area contributed by atoms with Gasteiger partial charge in [0.25, 0.3) is 0 Å². The fraction of sp³-hybridized carbons (Fsp3) is 0.882. The molecule has 0 amide bonds. The summed E-state index contributed by atoms with van der Waals surface area (Å²) in [5, 5.41) is 3.73. The Bertz CT molecular complexity index is 267. The maximum absolute atomic E-state index is 3.73. The minimum absolute atomic E-state index is 0.899. The lowest BCUT2D eigenvalue weighted by Gasteiger charge is -2.28. The van der Waals surface area contributed by atoms with Crippen LogP contribution in [0.4, 0.5) is 0 Å². The summed E-state index contributed by atoms with van der Waals surface area (Å²) in [4.78, 5) is 0. The lowest BCUT2D eigenvalue weighted by atomic mass is 9.83. The Balaban J connectivity index is 2.09. The molecule has 0 saturated carbocycles. The number of hydrogen-bond donors (Lipinski definition) is 1. The molecule has 0 radical (unpaired) electrons. The Kier molecular flexibility index (Phi) is 6.10. The first-order valence-electron chi connectivity index (χ1n) is 8.37. The van der Waals surface area contributed by atoms with E-state index in [0.717, 1.165) is 5.92 Å². The third-order valence-corrected chi connectivity index (χ3v) is 4.71. The normalized spacial score (nSPS) is 27.1. The molecule has 0 spiro atoms. The van der Waals surface area contributed by atoms with E-state index in [-0.39, 0.29) is 0 Å². The highest BCUT2D eigenvalue weighted by Crippen LogP contribution is 2.33. The van der Waals surface area contributed by atoms with Crippen molar-refractivity contribution in [2.45, 2.75) is 84.0 Å². The molecule has 0 aromatic carbocycles. The molecule has 1 atom stereocenters. The monoisotopic (exact) mass is 249 g/mol. The van der Waals surface area contributed by atoms with Crippen LogP contribution >= 0.6 is 0 Å². The van der Waals surface area contributed by atoms with Gasteiger partial charge in [0, 0.05) is 12.2 Å². The average Bonchev–Trinajstić information content (AvgIpc) is 2.44. The second kappa shape index (κ2) is 7.86. The lowest BCUT2D eigenvalue weighted by Crippen LogP contribution is -2.25. The van der Waals surface area contributed by atoms with Gasteiger partial charge in [-0.1, -0.05) is 45.4 Å². The standard InChI is InChI=1S/C17H31N/c1-2-10-15-11-7-5-3-4-6-8-13-17-16(15)12-9-14-18-17/h15,18H,2-14H2,1H3. The summed E-state index contributed by atoms with van der Waals surface area (Å²) in [7, 11) is 0. The summed E-state index contributed by atoms with van der Waals surface area (Å²) >= 11 is 0. The predicted molar refractivity (Wildman–Crippen MR) is 79.6 cm³/mol. The highest BCUT2D eigenvalue weighted by atomic mass is 14.9. The van der Waals surface area contributed by atoms with E-state index in [1.165, 1.54) is 83.6 Å². The molecule has 2 aliphatic rings. The van der Waals surface area contributed by atoms with Gasteiger partial charge in [-0.15, -0.1) is 0 Å². The number of allylic oxidation sites excluding steroid dienone is 2. The van der Waals surface area contributed by atoms with Crippen molar-refractivity contribution in [3.63, 3.8) is 0 Å². The SMILES string of the molecule is CCCC1CCCCCCCCC2=C1CCCN2. The van der Waals surface area contributed by atoms with Gasteiger partial charge < -0.3 is 5.32 Å². The number of hydrogen-bond acceptors (Lipinski definition) is 1. The Hall–Kier alpha value is -0.460. The number of rotatable bonds is 2. The van der Waals surface area contributed by atoms with Crippen molar-refractivity contribution in [2.75, 3.05) is 6.54 Å². The minimum atomic E-state index is 0.899. The van der Waals surface area contributed by atoms with Crippen LogP contribution in [0.25, 0.3) is 0 Å². The van der Waals surface area contributed by atoms with E-state index in [9.17, 15) is 0 Å². The van der Waals surface area contributed by atoms with E-state index >= 15 is 0 Å². The van der Waals surface area contributed by atoms with Crippen LogP contribution < -0.4 is 5.32 Å². The Morgan fingerprint density at radius 3 is 2.56 bits per heavy atom. The lowest BCUT2D eigenvalue weighted by molar-refractivity contribution is 0.443. The second-order valence-corrected chi connectivity index (χ2v) is 6.18. The highest BCUT2D eigenvalue weighted by Gasteiger charge is 2.20. The fourth-order valence-electron chi connectivity index (χ4n) is 3.72. The van der Waals surface area contributed by atoms with Crippen molar-refractivity contribution < 1.29 is 0 Å². The van der Waals surface area contributed by atoms with Gasteiger partial charge in [0.1, 0.15) is 0 Å². The Labute approximate surface area is 113 Å². The van der Waals surface area contributed by atoms with Gasteiger partial charge >= 0.3 is 0 Å². The molecule has 104 valence electrons. The van der Waals surface area contributed by atoms with Crippen molar-refractivity contribution in [2.24, 2.45) is 5.92 Å². The Morgan fingerprint density at radius 1 is 0.944 bits per heavy atom. The molecule has 1 unspecified atom stereocenters. The second-order valence-electron chi connectivity index (χ2n) is 6.18. The smallest absolute Gasteiger partial charge is 0.0147 e. The zero-order chi connectivity index (χ0) is 12.6. The van der Waals surface area contributed by atoms with Crippen LogP contribution in [-0.4, -0.2) is 6.54 Å². The minimum Gasteiger partial charge on any atom is -0.388 e. The largest absolute Gasteiger partial charge is 0.388 e. The molecule has 0 bridgehead atoms. The van der Waals surface area contributed by atoms with Crippen LogP contribution in [-0.2, 0) is 0 Å². The average molecular weight is 249 g/mol. The quantitative estimate of drug-likeness (QED) is 0.711. The van der Waals surface area contributed by atoms with Gasteiger partial charge in [-0.2, -0.15) is 0 Å². The van der Waals surface area contributed by atoms with Crippen molar-refractivity contribution >= 4 is 0 Å². The van der Waals surface area contributed by atoms with Gasteiger partial charge in [-0.25, -0.2) is 0 Å². The topological polar surface area (TPSA) is 12.0 Å². The summed E-state index contributed by atoms with van der Waals surface area (Å²) in [6, 6.07) is 0. The number of nitrogens with one attached hydrogen (secondary N) is 1. The summed E-state index contributed by atoms with van der Waals surface area (Å²) in [5.74, 6) is 0.899. The highest BCUT2D eigenvalue weighted by molar-refractivity contribution is 5.18. The molecular weight excluding hydrogens is 218 g/mol. The first-order chi connectivity index (χ1) is 8.92. The van der Waals surface area contributed by atoms with Crippen LogP contribution in [0.5, 0.6) is 0 Å². The molecule has 18 heavy (non-hydrogen) atoms. The van der Waals surface area contributed by atoms with E-state index in [0.29, 0.717) is 0 Å². The summed E-state index contributed by atoms with van der Waals surface area (Å²) in [5.41, 5.74) is 3.48. The van der Waals surface area contributed by atoms with E-state index < -0.39 is 0 Å². The van der Waals surface area contributed by atoms with Crippen molar-refractivity contribution in [3.05, 3.63) is 11.3 Å². The van der Waals surface area contributed by atoms with Crippen LogP contribution in [0.3, 0.4) is 0 Å². The summed E-state index contributed by atoms with van der Waals surface area (Å²) in [6.07, 6.45) is 17.0. The molecule has 0 aromatic heterocycles. The molecule has 0 fully saturated rings. The van der Waals surface area contributed by atoms with Gasteiger partial charge in [-0.05, 0) is 50.0 Å². The van der Waals surface area contributed by atoms with Crippen molar-refractivity contribution in [3.8, 4) is 0 Å². The van der Waals surface area contributed by atoms with Crippen molar-refractivity contribution in [1.29, 1.82) is 0 Å². The third-order valence-electron chi connectivity index (χ3n) is 4.71. The van der Waals surface area contributed by atoms with Crippen LogP contribution in [0.2, 0.25) is 0 Å². The molecule has 1 aliphatic carbocycles. The molecule has 1 N–H and O–H groups in total. The van der Waals surface area contributed by atoms with E-state index in [4.69, 9.17) is 0 Å². The predicted octanol–water partition coefficient (Wildman–Crippen LogP) is 5.17. The first kappa shape index (κ1) is 14.0.